The molecule has 33 heavy (non-hydrogen) atoms. The molecule has 2 fully saturated rings. The number of nitrogens with two attached hydrogens (primary N) is 2. The Bertz CT molecular complexity index is 1180. The van der Waals surface area contributed by atoms with Crippen LogP contribution in [0.15, 0.2) is 12.7 Å². The monoisotopic (exact) mass is 486 g/mol. The van der Waals surface area contributed by atoms with E-state index in [1.807, 2.05) is 0 Å². The van der Waals surface area contributed by atoms with Gasteiger partial charge < -0.3 is 24.7 Å². The van der Waals surface area contributed by atoms with Gasteiger partial charge in [-0.2, -0.15) is 8.42 Å². The number of nitrogen functional groups attached to an aromatic ring is 1. The summed E-state index contributed by atoms with van der Waals surface area (Å²) in [6, 6.07) is 0. The molecule has 4 N–H and O–H groups in total. The van der Waals surface area contributed by atoms with Crippen molar-refractivity contribution in [2.24, 2.45) is 5.14 Å². The van der Waals surface area contributed by atoms with E-state index >= 15 is 0 Å². The molecule has 2 aliphatic heterocycles. The minimum atomic E-state index is -4.56. The van der Waals surface area contributed by atoms with Gasteiger partial charge in [-0.3, -0.25) is 4.57 Å². The van der Waals surface area contributed by atoms with Crippen LogP contribution in [0.2, 0.25) is 0 Å². The molecule has 2 aromatic rings. The van der Waals surface area contributed by atoms with E-state index in [2.05, 4.69) is 15.0 Å². The molecule has 0 amide bonds. The number of esters is 1. The summed E-state index contributed by atoms with van der Waals surface area (Å²) in [4.78, 5) is 25.3. The maximum atomic E-state index is 12.9. The van der Waals surface area contributed by atoms with Crippen LogP contribution in [0.3, 0.4) is 0 Å². The Morgan fingerprint density at radius 1 is 1.21 bits per heavy atom. The summed E-state index contributed by atoms with van der Waals surface area (Å²) in [6.45, 7) is 8.23. The fourth-order valence-corrected chi connectivity index (χ4v) is 4.34. The average molecular weight is 487 g/mol. The van der Waals surface area contributed by atoms with Crippen LogP contribution in [0.25, 0.3) is 11.2 Å². The minimum Gasteiger partial charge on any atom is -0.458 e. The van der Waals surface area contributed by atoms with Gasteiger partial charge in [0.1, 0.15) is 35.8 Å². The van der Waals surface area contributed by atoms with Crippen LogP contribution in [-0.2, 0) is 38.2 Å². The molecular formula is C18H26N6O8S. The molecule has 2 aliphatic rings. The minimum absolute atomic E-state index is 0.165. The standard InChI is InChI=1S/C18H26N6O8S/c1-17(2,3)31-16(25)12(32-33(20,26)27)9-10-11(30-18(4,5)29-10)15(28-9)24-7-23-8-13(19)21-6-22-14(8)24/h6-7,9-12,15H,1-5H3,(H2,19,21,22)(H2,20,26,27)/t9-,10+,11+,12+,15+/m0/s1. The first-order chi connectivity index (χ1) is 15.2. The molecule has 0 saturated carbocycles. The highest BCUT2D eigenvalue weighted by Crippen LogP contribution is 2.45. The van der Waals surface area contributed by atoms with Gasteiger partial charge >= 0.3 is 16.3 Å². The van der Waals surface area contributed by atoms with Crippen molar-refractivity contribution in [3.63, 3.8) is 0 Å². The number of carbonyl (C=O) groups is 1. The van der Waals surface area contributed by atoms with Crippen LogP contribution < -0.4 is 10.9 Å². The predicted octanol–water partition coefficient (Wildman–Crippen LogP) is -0.244. The second kappa shape index (κ2) is 7.82. The van der Waals surface area contributed by atoms with Gasteiger partial charge in [-0.25, -0.2) is 29.1 Å². The lowest BCUT2D eigenvalue weighted by Crippen LogP contribution is -2.48. The van der Waals surface area contributed by atoms with Gasteiger partial charge in [0, 0.05) is 0 Å². The molecule has 5 atom stereocenters. The Morgan fingerprint density at radius 2 is 1.88 bits per heavy atom. The zero-order valence-electron chi connectivity index (χ0n) is 18.7. The van der Waals surface area contributed by atoms with Gasteiger partial charge in [-0.05, 0) is 34.6 Å². The van der Waals surface area contributed by atoms with Crippen molar-refractivity contribution in [3.05, 3.63) is 12.7 Å². The van der Waals surface area contributed by atoms with Crippen LogP contribution in [0, 0.1) is 0 Å². The highest BCUT2D eigenvalue weighted by atomic mass is 32.2. The van der Waals surface area contributed by atoms with Gasteiger partial charge in [0.2, 0.25) is 6.10 Å². The summed E-state index contributed by atoms with van der Waals surface area (Å²) >= 11 is 0. The molecule has 0 aliphatic carbocycles. The Balaban J connectivity index is 1.75. The number of ether oxygens (including phenoxy) is 4. The Kier molecular flexibility index (Phi) is 5.62. The second-order valence-electron chi connectivity index (χ2n) is 9.18. The number of nitrogens with zero attached hydrogens (tertiary/aromatic N) is 4. The third-order valence-electron chi connectivity index (χ3n) is 4.90. The number of anilines is 1. The lowest BCUT2D eigenvalue weighted by atomic mass is 10.1. The van der Waals surface area contributed by atoms with Gasteiger partial charge in [-0.1, -0.05) is 0 Å². The number of carbonyl (C=O) groups excluding carboxylic acids is 1. The molecule has 4 rings (SSSR count). The van der Waals surface area contributed by atoms with Crippen LogP contribution in [0.5, 0.6) is 0 Å². The molecule has 4 heterocycles. The molecule has 0 bridgehead atoms. The molecule has 182 valence electrons. The first-order valence-corrected chi connectivity index (χ1v) is 11.5. The van der Waals surface area contributed by atoms with E-state index in [0.717, 1.165) is 0 Å². The molecule has 0 spiro atoms. The van der Waals surface area contributed by atoms with Gasteiger partial charge in [0.25, 0.3) is 0 Å². The normalized spacial score (nSPS) is 28.1. The summed E-state index contributed by atoms with van der Waals surface area (Å²) in [5.74, 6) is -1.89. The lowest BCUT2D eigenvalue weighted by molar-refractivity contribution is -0.211. The molecule has 0 unspecified atom stereocenters. The lowest BCUT2D eigenvalue weighted by Gasteiger charge is -2.29. The summed E-state index contributed by atoms with van der Waals surface area (Å²) in [6.07, 6.45) is -2.94. The third-order valence-corrected chi connectivity index (χ3v) is 5.38. The topological polar surface area (TPSA) is 193 Å². The fourth-order valence-electron chi connectivity index (χ4n) is 3.86. The van der Waals surface area contributed by atoms with Crippen LogP contribution >= 0.6 is 0 Å². The van der Waals surface area contributed by atoms with Gasteiger partial charge in [0.15, 0.2) is 23.5 Å². The maximum Gasteiger partial charge on any atom is 0.340 e. The van der Waals surface area contributed by atoms with E-state index in [4.69, 9.17) is 34.0 Å². The molecule has 0 radical (unpaired) electrons. The second-order valence-corrected chi connectivity index (χ2v) is 10.4. The molecule has 0 aromatic carbocycles. The van der Waals surface area contributed by atoms with Crippen molar-refractivity contribution in [1.29, 1.82) is 0 Å². The number of fused-ring (bicyclic) bond motifs is 2. The number of rotatable bonds is 5. The quantitative estimate of drug-likeness (QED) is 0.527. The van der Waals surface area contributed by atoms with Crippen LogP contribution in [0.4, 0.5) is 5.82 Å². The first-order valence-electron chi connectivity index (χ1n) is 10.0. The smallest absolute Gasteiger partial charge is 0.340 e. The number of aromatic nitrogens is 4. The zero-order chi connectivity index (χ0) is 24.3. The fraction of sp³-hybridized carbons (Fsp3) is 0.667. The predicted molar refractivity (Wildman–Crippen MR) is 111 cm³/mol. The molecule has 2 aromatic heterocycles. The van der Waals surface area contributed by atoms with E-state index in [1.165, 1.54) is 12.7 Å². The Morgan fingerprint density at radius 3 is 2.52 bits per heavy atom. The van der Waals surface area contributed by atoms with Crippen molar-refractivity contribution in [2.75, 3.05) is 5.73 Å². The third kappa shape index (κ3) is 4.78. The molecular weight excluding hydrogens is 460 g/mol. The van der Waals surface area contributed by atoms with E-state index in [0.29, 0.717) is 11.2 Å². The van der Waals surface area contributed by atoms with Crippen molar-refractivity contribution in [2.45, 2.75) is 76.7 Å². The van der Waals surface area contributed by atoms with Crippen LogP contribution in [0.1, 0.15) is 40.8 Å². The largest absolute Gasteiger partial charge is 0.458 e. The van der Waals surface area contributed by atoms with Gasteiger partial charge in [0.05, 0.1) is 6.33 Å². The van der Waals surface area contributed by atoms with Crippen molar-refractivity contribution in [3.8, 4) is 0 Å². The highest BCUT2D eigenvalue weighted by molar-refractivity contribution is 7.84. The van der Waals surface area contributed by atoms with Gasteiger partial charge in [-0.15, -0.1) is 0 Å². The van der Waals surface area contributed by atoms with E-state index in [-0.39, 0.29) is 5.82 Å². The SMILES string of the molecule is CC(C)(C)OC(=O)[C@H](OS(N)(=O)=O)[C@H]1O[C@@H](n2cnc3c(N)ncnc32)[C@@H]2OC(C)(C)O[C@@H]21. The number of hydrogen-bond acceptors (Lipinski definition) is 12. The highest BCUT2D eigenvalue weighted by Gasteiger charge is 2.60. The molecule has 14 nitrogen and oxygen atoms in total. The number of hydrogen-bond donors (Lipinski definition) is 2. The Labute approximate surface area is 189 Å². The average Bonchev–Trinajstić information content (AvgIpc) is 3.29. The summed E-state index contributed by atoms with van der Waals surface area (Å²) in [5, 5.41) is 5.08. The summed E-state index contributed by atoms with van der Waals surface area (Å²) in [5.41, 5.74) is 5.63. The molecule has 15 heteroatoms. The van der Waals surface area contributed by atoms with Crippen molar-refractivity contribution in [1.82, 2.24) is 19.5 Å². The van der Waals surface area contributed by atoms with E-state index in [1.54, 1.807) is 39.2 Å². The van der Waals surface area contributed by atoms with Crippen molar-refractivity contribution < 1.29 is 36.3 Å². The van der Waals surface area contributed by atoms with Crippen molar-refractivity contribution >= 4 is 33.3 Å². The van der Waals surface area contributed by atoms with E-state index < -0.39 is 58.3 Å². The Hall–Kier alpha value is -2.43. The van der Waals surface area contributed by atoms with E-state index in [9.17, 15) is 13.2 Å². The van der Waals surface area contributed by atoms with Crippen LogP contribution in [-0.4, -0.2) is 69.7 Å². The molecule has 2 saturated heterocycles. The summed E-state index contributed by atoms with van der Waals surface area (Å²) < 4.78 is 53.5. The first kappa shape index (κ1) is 23.7. The zero-order valence-corrected chi connectivity index (χ0v) is 19.5. The maximum absolute atomic E-state index is 12.9. The number of imidazole rings is 1. The summed E-state index contributed by atoms with van der Waals surface area (Å²) in [7, 11) is -4.56.